The van der Waals surface area contributed by atoms with Gasteiger partial charge in [-0.05, 0) is 38.0 Å². The third kappa shape index (κ3) is 25.4. The lowest BCUT2D eigenvalue weighted by Gasteiger charge is -2.26. The van der Waals surface area contributed by atoms with E-state index in [1.807, 2.05) is 0 Å². The molecule has 0 aromatic rings. The van der Waals surface area contributed by atoms with Gasteiger partial charge in [0.15, 0.2) is 11.9 Å². The lowest BCUT2D eigenvalue weighted by molar-refractivity contribution is -0.141. The smallest absolute Gasteiger partial charge is 0.327 e. The fourth-order valence-electron chi connectivity index (χ4n) is 4.62. The number of amides is 8. The molecule has 19 N–H and O–H groups in total. The molecule has 25 nitrogen and oxygen atoms in total. The number of carboxylic acids is 1. The van der Waals surface area contributed by atoms with Gasteiger partial charge in [-0.2, -0.15) is 25.3 Å². The molecule has 0 aliphatic rings. The van der Waals surface area contributed by atoms with Crippen molar-refractivity contribution in [2.24, 2.45) is 44.6 Å². The number of hydrogen-bond donors (Lipinski definition) is 16. The number of rotatable bonds is 29. The van der Waals surface area contributed by atoms with Crippen LogP contribution in [-0.2, 0) is 43.2 Å². The van der Waals surface area contributed by atoms with E-state index in [1.165, 1.54) is 0 Å². The number of thiol groups is 2. The van der Waals surface area contributed by atoms with Crippen molar-refractivity contribution in [1.29, 1.82) is 0 Å². The van der Waals surface area contributed by atoms with Crippen LogP contribution in [0.3, 0.4) is 0 Å². The Hall–Kier alpha value is -5.57. The van der Waals surface area contributed by atoms with Crippen molar-refractivity contribution in [1.82, 2.24) is 42.5 Å². The second-order valence-corrected chi connectivity index (χ2v) is 13.9. The first-order chi connectivity index (χ1) is 27.7. The molecule has 0 heterocycles. The second-order valence-electron chi connectivity index (χ2n) is 13.2. The molecule has 0 bridgehead atoms. The molecule has 0 saturated carbocycles. The molecule has 5 atom stereocenters. The summed E-state index contributed by atoms with van der Waals surface area (Å²) in [6, 6.07) is -6.02. The van der Waals surface area contributed by atoms with Crippen LogP contribution in [0.15, 0.2) is 9.98 Å². The Labute approximate surface area is 351 Å². The maximum atomic E-state index is 13.7. The number of aliphatic carboxylic acids is 1. The molecule has 334 valence electrons. The summed E-state index contributed by atoms with van der Waals surface area (Å²) < 4.78 is 0. The summed E-state index contributed by atoms with van der Waals surface area (Å²) in [5.41, 5.74) is 27.1. The van der Waals surface area contributed by atoms with Crippen molar-refractivity contribution >= 4 is 90.4 Å². The third-order valence-corrected chi connectivity index (χ3v) is 8.36. The van der Waals surface area contributed by atoms with Crippen LogP contribution in [0.25, 0.3) is 0 Å². The molecule has 0 aromatic carbocycles. The zero-order chi connectivity index (χ0) is 45.1. The van der Waals surface area contributed by atoms with Gasteiger partial charge in [0.25, 0.3) is 0 Å². The molecule has 8 amide bonds. The van der Waals surface area contributed by atoms with Gasteiger partial charge < -0.3 is 76.3 Å². The lowest BCUT2D eigenvalue weighted by Crippen LogP contribution is -2.57. The molecule has 0 unspecified atom stereocenters. The van der Waals surface area contributed by atoms with Crippen LogP contribution < -0.4 is 71.2 Å². The number of hydrogen-bond acceptors (Lipinski definition) is 14. The van der Waals surface area contributed by atoms with Crippen molar-refractivity contribution in [3.05, 3.63) is 0 Å². The number of nitrogens with zero attached hydrogens (tertiary/aromatic N) is 2. The number of aliphatic imine (C=N–C) groups is 2. The second kappa shape index (κ2) is 29.6. The minimum atomic E-state index is -1.32. The van der Waals surface area contributed by atoms with E-state index < -0.39 is 110 Å². The highest BCUT2D eigenvalue weighted by molar-refractivity contribution is 7.80. The number of nitrogens with two attached hydrogens (primary N) is 5. The molecule has 0 aliphatic heterocycles. The fourth-order valence-corrected chi connectivity index (χ4v) is 5.04. The van der Waals surface area contributed by atoms with Crippen LogP contribution in [-0.4, -0.2) is 151 Å². The molecular formula is C32H59N15O10S2. The van der Waals surface area contributed by atoms with Gasteiger partial charge in [-0.1, -0.05) is 13.8 Å². The Balaban J connectivity index is 5.92. The minimum Gasteiger partial charge on any atom is -0.480 e. The normalized spacial score (nSPS) is 13.1. The maximum Gasteiger partial charge on any atom is 0.327 e. The highest BCUT2D eigenvalue weighted by atomic mass is 32.1. The highest BCUT2D eigenvalue weighted by Gasteiger charge is 2.30. The number of carbonyl (C=O) groups excluding carboxylic acids is 8. The van der Waals surface area contributed by atoms with E-state index in [9.17, 15) is 43.2 Å². The van der Waals surface area contributed by atoms with Gasteiger partial charge in [0.1, 0.15) is 24.2 Å². The quantitative estimate of drug-likeness (QED) is 0.0144. The molecule has 0 fully saturated rings. The molecule has 0 radical (unpaired) electrons. The van der Waals surface area contributed by atoms with Crippen molar-refractivity contribution < 1.29 is 48.3 Å². The average Bonchev–Trinajstić information content (AvgIpc) is 3.17. The Kier molecular flexibility index (Phi) is 26.8. The summed E-state index contributed by atoms with van der Waals surface area (Å²) >= 11 is 7.75. The van der Waals surface area contributed by atoms with Crippen molar-refractivity contribution in [2.75, 3.05) is 50.8 Å². The van der Waals surface area contributed by atoms with Gasteiger partial charge in [-0.15, -0.1) is 0 Å². The number of carboxylic acid groups (broad SMARTS) is 1. The van der Waals surface area contributed by atoms with Gasteiger partial charge in [-0.3, -0.25) is 48.3 Å². The van der Waals surface area contributed by atoms with E-state index in [-0.39, 0.29) is 74.5 Å². The van der Waals surface area contributed by atoms with E-state index in [0.29, 0.717) is 0 Å². The zero-order valence-electron chi connectivity index (χ0n) is 33.0. The van der Waals surface area contributed by atoms with Crippen LogP contribution in [0.5, 0.6) is 0 Å². The Bertz CT molecular complexity index is 1510. The summed E-state index contributed by atoms with van der Waals surface area (Å²) in [5, 5.41) is 28.1. The van der Waals surface area contributed by atoms with Gasteiger partial charge in [0.05, 0.1) is 32.2 Å². The van der Waals surface area contributed by atoms with Crippen LogP contribution in [0.1, 0.15) is 46.0 Å². The summed E-state index contributed by atoms with van der Waals surface area (Å²) in [7, 11) is 0. The number of nitrogens with one attached hydrogen (secondary N) is 8. The molecule has 0 rings (SSSR count). The first-order valence-corrected chi connectivity index (χ1v) is 19.6. The van der Waals surface area contributed by atoms with Crippen LogP contribution in [0.4, 0.5) is 0 Å². The van der Waals surface area contributed by atoms with Crippen LogP contribution >= 0.6 is 25.3 Å². The van der Waals surface area contributed by atoms with Crippen LogP contribution in [0.2, 0.25) is 0 Å². The number of guanidine groups is 2. The lowest BCUT2D eigenvalue weighted by atomic mass is 10.0. The maximum absolute atomic E-state index is 13.7. The third-order valence-electron chi connectivity index (χ3n) is 7.60. The van der Waals surface area contributed by atoms with E-state index in [1.54, 1.807) is 13.8 Å². The SMILES string of the molecule is CC(C)C[C@H](NC(=O)[C@H](CCCN=C(N)N)NC(=O)[C@H](CCCN=C(N)N)NC(=O)CNC(=O)CNC(=O)[C@@H](N)CS)C(=O)NCC(=O)NCC(=O)N[C@@H](CS)C(=O)O. The fraction of sp³-hybridized carbons (Fsp3) is 0.656. The summed E-state index contributed by atoms with van der Waals surface area (Å²) in [5.74, 6) is -8.19. The molecule has 0 aromatic heterocycles. The Morgan fingerprint density at radius 3 is 1.36 bits per heavy atom. The van der Waals surface area contributed by atoms with Gasteiger partial charge in [-0.25, -0.2) is 4.79 Å². The van der Waals surface area contributed by atoms with Crippen LogP contribution in [0, 0.1) is 5.92 Å². The monoisotopic (exact) mass is 877 g/mol. The highest BCUT2D eigenvalue weighted by Crippen LogP contribution is 2.08. The zero-order valence-corrected chi connectivity index (χ0v) is 34.7. The van der Waals surface area contributed by atoms with Crippen molar-refractivity contribution in [3.8, 4) is 0 Å². The Morgan fingerprint density at radius 1 is 0.542 bits per heavy atom. The van der Waals surface area contributed by atoms with E-state index in [2.05, 4.69) is 77.8 Å². The first kappa shape index (κ1) is 53.4. The van der Waals surface area contributed by atoms with E-state index >= 15 is 0 Å². The van der Waals surface area contributed by atoms with E-state index in [0.717, 1.165) is 0 Å². The molecule has 27 heteroatoms. The van der Waals surface area contributed by atoms with Crippen molar-refractivity contribution in [3.63, 3.8) is 0 Å². The van der Waals surface area contributed by atoms with Gasteiger partial charge >= 0.3 is 5.97 Å². The molecule has 0 saturated heterocycles. The minimum absolute atomic E-state index is 0.0280. The summed E-state index contributed by atoms with van der Waals surface area (Å²) in [6.45, 7) is 1.42. The summed E-state index contributed by atoms with van der Waals surface area (Å²) in [6.07, 6.45) is 0.388. The molecule has 0 spiro atoms. The van der Waals surface area contributed by atoms with Gasteiger partial charge in [0.2, 0.25) is 47.3 Å². The predicted octanol–water partition coefficient (Wildman–Crippen LogP) is -7.18. The topological polar surface area (TPSA) is 425 Å². The average molecular weight is 878 g/mol. The number of carbonyl (C=O) groups is 9. The largest absolute Gasteiger partial charge is 0.480 e. The van der Waals surface area contributed by atoms with E-state index in [4.69, 9.17) is 33.8 Å². The Morgan fingerprint density at radius 2 is 0.949 bits per heavy atom. The first-order valence-electron chi connectivity index (χ1n) is 18.3. The summed E-state index contributed by atoms with van der Waals surface area (Å²) in [4.78, 5) is 121. The molecule has 0 aliphatic carbocycles. The van der Waals surface area contributed by atoms with Gasteiger partial charge in [0, 0.05) is 24.6 Å². The standard InChI is InChI=1S/C32H59N15O10S2/c1-16(2)9-20(27(53)43-11-23(49)41-13-25(51)45-21(15-59)30(56)57)47-29(55)19(6-4-8-39-32(36)37)46-28(54)18(5-3-7-38-31(34)35)44-24(50)12-40-22(48)10-42-26(52)17(33)14-58/h16-21,58-59H,3-15,33H2,1-2H3,(H,40,48)(H,41,49)(H,42,52)(H,43,53)(H,44,50)(H,45,51)(H,46,54)(H,47,55)(H,56,57)(H4,34,35,38)(H4,36,37,39)/t17-,18-,19-,20-,21-/m0/s1. The predicted molar refractivity (Wildman–Crippen MR) is 222 cm³/mol. The van der Waals surface area contributed by atoms with Crippen molar-refractivity contribution in [2.45, 2.75) is 76.2 Å². The molecular weight excluding hydrogens is 819 g/mol. The molecule has 59 heavy (non-hydrogen) atoms.